The molecule has 1 amide bonds. The molecule has 0 aliphatic carbocycles. The second-order valence-electron chi connectivity index (χ2n) is 9.81. The molecule has 212 valence electrons. The number of ether oxygens (including phenoxy) is 2. The zero-order chi connectivity index (χ0) is 28.2. The van der Waals surface area contributed by atoms with Gasteiger partial charge in [-0.1, -0.05) is 55.3 Å². The van der Waals surface area contributed by atoms with Crippen LogP contribution in [0.1, 0.15) is 74.0 Å². The molecule has 9 heteroatoms. The number of anilines is 1. The standard InChI is InChI=1S/C31H36N2O6S/c34-20-22-10-12-23(13-11-22)27-19-26(21-40-29-8-5-6-18-32-29)38-31(39-27)24-14-16-25(17-15-24)33-28(35)7-3-1-2-4-9-30(36)37/h5-6,8,10-18,26-27,31,34H,1-4,7,9,19-21H2,(H,33,35)(H,36,37). The lowest BCUT2D eigenvalue weighted by molar-refractivity contribution is -0.245. The number of hydrogen-bond donors (Lipinski definition) is 3. The number of carbonyl (C=O) groups is 2. The van der Waals surface area contributed by atoms with Crippen LogP contribution in [0.2, 0.25) is 0 Å². The highest BCUT2D eigenvalue weighted by atomic mass is 32.2. The van der Waals surface area contributed by atoms with Gasteiger partial charge in [-0.15, -0.1) is 11.8 Å². The lowest BCUT2D eigenvalue weighted by atomic mass is 10.0. The summed E-state index contributed by atoms with van der Waals surface area (Å²) in [7, 11) is 0. The first-order valence-corrected chi connectivity index (χ1v) is 14.6. The Morgan fingerprint density at radius 2 is 1.62 bits per heavy atom. The molecule has 0 saturated carbocycles. The van der Waals surface area contributed by atoms with Crippen LogP contribution in [0.25, 0.3) is 0 Å². The first-order chi connectivity index (χ1) is 19.5. The van der Waals surface area contributed by atoms with Crippen molar-refractivity contribution < 1.29 is 29.3 Å². The largest absolute Gasteiger partial charge is 0.481 e. The number of aliphatic hydroxyl groups excluding tert-OH is 1. The molecule has 0 bridgehead atoms. The van der Waals surface area contributed by atoms with Crippen molar-refractivity contribution >= 4 is 29.3 Å². The minimum atomic E-state index is -0.781. The van der Waals surface area contributed by atoms with E-state index in [1.54, 1.807) is 18.0 Å². The number of nitrogens with zero attached hydrogens (tertiary/aromatic N) is 1. The van der Waals surface area contributed by atoms with Gasteiger partial charge in [0.05, 0.1) is 23.8 Å². The average Bonchev–Trinajstić information content (AvgIpc) is 2.98. The summed E-state index contributed by atoms with van der Waals surface area (Å²) in [6, 6.07) is 21.2. The van der Waals surface area contributed by atoms with E-state index in [1.807, 2.05) is 66.7 Å². The Hall–Kier alpha value is -3.24. The summed E-state index contributed by atoms with van der Waals surface area (Å²) in [6.07, 6.45) is 5.25. The van der Waals surface area contributed by atoms with Crippen molar-refractivity contribution in [1.82, 2.24) is 4.98 Å². The molecule has 3 atom stereocenters. The highest BCUT2D eigenvalue weighted by Gasteiger charge is 2.32. The Morgan fingerprint density at radius 3 is 2.30 bits per heavy atom. The van der Waals surface area contributed by atoms with Crippen molar-refractivity contribution in [3.63, 3.8) is 0 Å². The smallest absolute Gasteiger partial charge is 0.303 e. The van der Waals surface area contributed by atoms with Crippen LogP contribution in [-0.2, 0) is 25.7 Å². The monoisotopic (exact) mass is 564 g/mol. The van der Waals surface area contributed by atoms with Crippen molar-refractivity contribution in [3.8, 4) is 0 Å². The number of amides is 1. The topological polar surface area (TPSA) is 118 Å². The maximum absolute atomic E-state index is 12.3. The maximum Gasteiger partial charge on any atom is 0.303 e. The molecule has 3 unspecified atom stereocenters. The van der Waals surface area contributed by atoms with Gasteiger partial charge in [-0.25, -0.2) is 4.98 Å². The van der Waals surface area contributed by atoms with Gasteiger partial charge in [-0.2, -0.15) is 0 Å². The molecule has 0 radical (unpaired) electrons. The Morgan fingerprint density at radius 1 is 0.900 bits per heavy atom. The summed E-state index contributed by atoms with van der Waals surface area (Å²) in [5.74, 6) is -0.113. The summed E-state index contributed by atoms with van der Waals surface area (Å²) in [6.45, 7) is -0.00341. The van der Waals surface area contributed by atoms with Gasteiger partial charge < -0.3 is 25.0 Å². The number of thioether (sulfide) groups is 1. The van der Waals surface area contributed by atoms with Gasteiger partial charge in [-0.05, 0) is 48.2 Å². The number of pyridine rings is 1. The first kappa shape index (κ1) is 29.7. The molecule has 4 rings (SSSR count). The van der Waals surface area contributed by atoms with Crippen molar-refractivity contribution in [2.24, 2.45) is 0 Å². The second-order valence-corrected chi connectivity index (χ2v) is 10.8. The van der Waals surface area contributed by atoms with Crippen LogP contribution >= 0.6 is 11.8 Å². The molecule has 8 nitrogen and oxygen atoms in total. The zero-order valence-electron chi connectivity index (χ0n) is 22.4. The SMILES string of the molecule is O=C(O)CCCCCCC(=O)Nc1ccc(C2OC(CSc3ccccn3)CC(c3ccc(CO)cc3)O2)cc1. The molecule has 3 aromatic rings. The maximum atomic E-state index is 12.3. The molecule has 3 N–H and O–H groups in total. The Bertz CT molecular complexity index is 1210. The molecular formula is C31H36N2O6S. The van der Waals surface area contributed by atoms with Gasteiger partial charge in [0.2, 0.25) is 5.91 Å². The predicted molar refractivity (Wildman–Crippen MR) is 154 cm³/mol. The number of hydrogen-bond acceptors (Lipinski definition) is 7. The van der Waals surface area contributed by atoms with Crippen LogP contribution in [0, 0.1) is 0 Å². The van der Waals surface area contributed by atoms with E-state index in [4.69, 9.17) is 14.6 Å². The van der Waals surface area contributed by atoms with Crippen molar-refractivity contribution in [2.75, 3.05) is 11.1 Å². The third-order valence-electron chi connectivity index (χ3n) is 6.68. The van der Waals surface area contributed by atoms with Crippen LogP contribution in [-0.4, -0.2) is 38.9 Å². The molecule has 1 saturated heterocycles. The number of carboxylic acids is 1. The van der Waals surface area contributed by atoms with Crippen molar-refractivity contribution in [1.29, 1.82) is 0 Å². The van der Waals surface area contributed by atoms with E-state index < -0.39 is 12.3 Å². The Labute approximate surface area is 239 Å². The number of carboxylic acid groups (broad SMARTS) is 1. The van der Waals surface area contributed by atoms with Crippen LogP contribution in [0.4, 0.5) is 5.69 Å². The first-order valence-electron chi connectivity index (χ1n) is 13.7. The minimum absolute atomic E-state index is 0.00341. The number of nitrogens with one attached hydrogen (secondary N) is 1. The average molecular weight is 565 g/mol. The van der Waals surface area contributed by atoms with Gasteiger partial charge in [0.1, 0.15) is 0 Å². The van der Waals surface area contributed by atoms with E-state index in [9.17, 15) is 14.7 Å². The molecular weight excluding hydrogens is 528 g/mol. The molecule has 1 aliphatic rings. The van der Waals surface area contributed by atoms with Gasteiger partial charge in [0.25, 0.3) is 0 Å². The zero-order valence-corrected chi connectivity index (χ0v) is 23.2. The number of benzene rings is 2. The second kappa shape index (κ2) is 15.5. The number of aliphatic carboxylic acids is 1. The lowest BCUT2D eigenvalue weighted by Crippen LogP contribution is -2.31. The van der Waals surface area contributed by atoms with Crippen LogP contribution in [0.3, 0.4) is 0 Å². The highest BCUT2D eigenvalue weighted by Crippen LogP contribution is 2.39. The van der Waals surface area contributed by atoms with Gasteiger partial charge in [-0.3, -0.25) is 9.59 Å². The molecule has 2 aromatic carbocycles. The van der Waals surface area contributed by atoms with Gasteiger partial charge in [0.15, 0.2) is 6.29 Å². The van der Waals surface area contributed by atoms with E-state index in [-0.39, 0.29) is 31.1 Å². The van der Waals surface area contributed by atoms with Crippen LogP contribution < -0.4 is 5.32 Å². The predicted octanol–water partition coefficient (Wildman–Crippen LogP) is 6.28. The molecule has 1 fully saturated rings. The summed E-state index contributed by atoms with van der Waals surface area (Å²) in [5.41, 5.74) is 3.45. The van der Waals surface area contributed by atoms with E-state index in [2.05, 4.69) is 10.3 Å². The van der Waals surface area contributed by atoms with Crippen LogP contribution in [0.5, 0.6) is 0 Å². The Balaban J connectivity index is 1.35. The number of carbonyl (C=O) groups excluding carboxylic acids is 1. The van der Waals surface area contributed by atoms with E-state index >= 15 is 0 Å². The summed E-state index contributed by atoms with van der Waals surface area (Å²) in [4.78, 5) is 27.3. The summed E-state index contributed by atoms with van der Waals surface area (Å²) < 4.78 is 12.8. The summed E-state index contributed by atoms with van der Waals surface area (Å²) >= 11 is 1.65. The fourth-order valence-corrected chi connectivity index (χ4v) is 5.38. The number of aliphatic hydroxyl groups is 1. The quantitative estimate of drug-likeness (QED) is 0.155. The third kappa shape index (κ3) is 9.45. The molecule has 2 heterocycles. The number of unbranched alkanes of at least 4 members (excludes halogenated alkanes) is 3. The fraction of sp³-hybridized carbons (Fsp3) is 0.387. The third-order valence-corrected chi connectivity index (χ3v) is 7.76. The molecule has 40 heavy (non-hydrogen) atoms. The summed E-state index contributed by atoms with van der Waals surface area (Å²) in [5, 5.41) is 22.0. The fourth-order valence-electron chi connectivity index (χ4n) is 4.50. The number of aromatic nitrogens is 1. The molecule has 0 spiro atoms. The molecule has 1 aromatic heterocycles. The lowest BCUT2D eigenvalue weighted by Gasteiger charge is -2.36. The normalized spacial score (nSPS) is 18.8. The highest BCUT2D eigenvalue weighted by molar-refractivity contribution is 7.99. The molecule has 1 aliphatic heterocycles. The van der Waals surface area contributed by atoms with E-state index in [0.717, 1.165) is 46.7 Å². The number of rotatable bonds is 14. The minimum Gasteiger partial charge on any atom is -0.481 e. The van der Waals surface area contributed by atoms with Gasteiger partial charge >= 0.3 is 5.97 Å². The Kier molecular flexibility index (Phi) is 11.5. The van der Waals surface area contributed by atoms with Crippen molar-refractivity contribution in [3.05, 3.63) is 89.6 Å². The van der Waals surface area contributed by atoms with Crippen molar-refractivity contribution in [2.45, 2.75) is 75.1 Å². The van der Waals surface area contributed by atoms with Gasteiger partial charge in [0, 0.05) is 42.5 Å². The van der Waals surface area contributed by atoms with E-state index in [1.165, 1.54) is 0 Å². The van der Waals surface area contributed by atoms with Crippen LogP contribution in [0.15, 0.2) is 78.0 Å². The van der Waals surface area contributed by atoms with E-state index in [0.29, 0.717) is 24.9 Å².